The first-order chi connectivity index (χ1) is 11.4. The lowest BCUT2D eigenvalue weighted by atomic mass is 9.99. The number of amides is 1. The van der Waals surface area contributed by atoms with Crippen molar-refractivity contribution in [2.45, 2.75) is 12.5 Å². The molecule has 3 aromatic rings. The van der Waals surface area contributed by atoms with Gasteiger partial charge in [-0.1, -0.05) is 0 Å². The van der Waals surface area contributed by atoms with E-state index in [1.807, 2.05) is 29.1 Å². The van der Waals surface area contributed by atoms with Crippen LogP contribution in [0.15, 0.2) is 43.1 Å². The van der Waals surface area contributed by atoms with Gasteiger partial charge in [0.15, 0.2) is 0 Å². The van der Waals surface area contributed by atoms with Crippen LogP contribution in [-0.4, -0.2) is 41.7 Å². The Balaban J connectivity index is 1.77. The van der Waals surface area contributed by atoms with Crippen LogP contribution in [0.3, 0.4) is 0 Å². The molecule has 3 rings (SSSR count). The van der Waals surface area contributed by atoms with Gasteiger partial charge < -0.3 is 15.0 Å². The number of aryl methyl sites for hydroxylation is 2. The molecule has 126 valence electrons. The minimum atomic E-state index is -1.21. The fourth-order valence-electron chi connectivity index (χ4n) is 2.52. The van der Waals surface area contributed by atoms with Crippen LogP contribution in [-0.2, 0) is 19.7 Å². The summed E-state index contributed by atoms with van der Waals surface area (Å²) >= 11 is 0. The topological polar surface area (TPSA) is 89.9 Å². The molecule has 0 spiro atoms. The Morgan fingerprint density at radius 1 is 1.25 bits per heavy atom. The zero-order chi connectivity index (χ0) is 17.3. The summed E-state index contributed by atoms with van der Waals surface area (Å²) in [6.07, 6.45) is 8.52. The van der Waals surface area contributed by atoms with Gasteiger partial charge >= 0.3 is 0 Å². The Kier molecular flexibility index (Phi) is 3.98. The number of nitrogens with zero attached hydrogens (tertiary/aromatic N) is 5. The molecule has 0 radical (unpaired) electrons. The molecule has 0 aromatic carbocycles. The Hall–Kier alpha value is -2.87. The maximum atomic E-state index is 12.5. The fourth-order valence-corrected chi connectivity index (χ4v) is 2.52. The normalized spacial score (nSPS) is 13.7. The summed E-state index contributed by atoms with van der Waals surface area (Å²) in [6.45, 7) is 1.71. The first kappa shape index (κ1) is 16.0. The van der Waals surface area contributed by atoms with E-state index in [-0.39, 0.29) is 12.5 Å². The van der Waals surface area contributed by atoms with E-state index >= 15 is 0 Å². The second-order valence-corrected chi connectivity index (χ2v) is 5.95. The van der Waals surface area contributed by atoms with Crippen molar-refractivity contribution in [3.63, 3.8) is 0 Å². The minimum Gasteiger partial charge on any atom is -0.383 e. The summed E-state index contributed by atoms with van der Waals surface area (Å²) in [6, 6.07) is 3.75. The lowest BCUT2D eigenvalue weighted by Gasteiger charge is -2.22. The number of carbonyl (C=O) groups excluding carboxylic acids is 1. The third-order valence-corrected chi connectivity index (χ3v) is 3.92. The first-order valence-corrected chi connectivity index (χ1v) is 7.53. The largest absolute Gasteiger partial charge is 0.383 e. The third kappa shape index (κ3) is 2.95. The van der Waals surface area contributed by atoms with Crippen LogP contribution in [0.1, 0.15) is 22.8 Å². The number of aromatic nitrogens is 5. The van der Waals surface area contributed by atoms with Gasteiger partial charge in [-0.05, 0) is 19.1 Å². The molecule has 0 bridgehead atoms. The molecule has 3 aromatic heterocycles. The molecule has 0 saturated carbocycles. The van der Waals surface area contributed by atoms with Gasteiger partial charge in [0.1, 0.15) is 17.0 Å². The van der Waals surface area contributed by atoms with Gasteiger partial charge in [-0.25, -0.2) is 0 Å². The van der Waals surface area contributed by atoms with Gasteiger partial charge in [-0.3, -0.25) is 14.2 Å². The monoisotopic (exact) mass is 328 g/mol. The molecule has 1 unspecified atom stereocenters. The Labute approximate surface area is 139 Å². The molecule has 0 aliphatic rings. The second-order valence-electron chi connectivity index (χ2n) is 5.95. The lowest BCUT2D eigenvalue weighted by molar-refractivity contribution is 0.0526. The molecule has 8 nitrogen and oxygen atoms in total. The summed E-state index contributed by atoms with van der Waals surface area (Å²) in [5.41, 5.74) is -0.127. The number of carbonyl (C=O) groups is 1. The van der Waals surface area contributed by atoms with Crippen molar-refractivity contribution < 1.29 is 9.90 Å². The number of hydrogen-bond donors (Lipinski definition) is 2. The third-order valence-electron chi connectivity index (χ3n) is 3.92. The van der Waals surface area contributed by atoms with Crippen molar-refractivity contribution in [3.05, 3.63) is 54.2 Å². The summed E-state index contributed by atoms with van der Waals surface area (Å²) in [4.78, 5) is 12.5. The average Bonchev–Trinajstić information content (AvgIpc) is 3.25. The number of hydrogen-bond acceptors (Lipinski definition) is 4. The van der Waals surface area contributed by atoms with Crippen molar-refractivity contribution >= 4 is 5.91 Å². The fraction of sp³-hybridized carbons (Fsp3) is 0.312. The smallest absolute Gasteiger partial charge is 0.256 e. The summed E-state index contributed by atoms with van der Waals surface area (Å²) < 4.78 is 5.06. The Morgan fingerprint density at radius 3 is 2.58 bits per heavy atom. The van der Waals surface area contributed by atoms with Crippen molar-refractivity contribution in [1.82, 2.24) is 29.4 Å². The van der Waals surface area contributed by atoms with Crippen LogP contribution in [0.5, 0.6) is 0 Å². The van der Waals surface area contributed by atoms with Crippen molar-refractivity contribution in [3.8, 4) is 5.82 Å². The zero-order valence-corrected chi connectivity index (χ0v) is 13.8. The second kappa shape index (κ2) is 5.97. The predicted molar refractivity (Wildman–Crippen MR) is 87.6 cm³/mol. The molecular formula is C16H20N6O2. The molecule has 3 heterocycles. The van der Waals surface area contributed by atoms with Gasteiger partial charge in [0.2, 0.25) is 0 Å². The summed E-state index contributed by atoms with van der Waals surface area (Å²) in [7, 11) is 3.55. The highest BCUT2D eigenvalue weighted by Crippen LogP contribution is 2.19. The van der Waals surface area contributed by atoms with E-state index in [0.29, 0.717) is 16.9 Å². The molecule has 0 aliphatic heterocycles. The highest BCUT2D eigenvalue weighted by molar-refractivity contribution is 5.97. The van der Waals surface area contributed by atoms with Crippen LogP contribution in [0.2, 0.25) is 0 Å². The number of nitrogens with one attached hydrogen (secondary N) is 1. The van der Waals surface area contributed by atoms with Gasteiger partial charge in [0.25, 0.3) is 5.91 Å². The van der Waals surface area contributed by atoms with Crippen LogP contribution in [0.4, 0.5) is 0 Å². The van der Waals surface area contributed by atoms with Gasteiger partial charge in [-0.15, -0.1) is 0 Å². The summed E-state index contributed by atoms with van der Waals surface area (Å²) in [5.74, 6) is 0.370. The molecular weight excluding hydrogens is 308 g/mol. The van der Waals surface area contributed by atoms with Crippen LogP contribution < -0.4 is 5.32 Å². The van der Waals surface area contributed by atoms with Crippen molar-refractivity contribution in [2.24, 2.45) is 14.1 Å². The molecule has 1 amide bonds. The van der Waals surface area contributed by atoms with E-state index < -0.39 is 5.60 Å². The van der Waals surface area contributed by atoms with E-state index in [2.05, 4.69) is 15.5 Å². The maximum absolute atomic E-state index is 12.5. The lowest BCUT2D eigenvalue weighted by Crippen LogP contribution is -2.38. The van der Waals surface area contributed by atoms with Gasteiger partial charge in [0, 0.05) is 38.2 Å². The SMILES string of the molecule is Cn1cc(C(C)(O)CNC(=O)c2cnn(C)c2-n2cccc2)cn1. The molecule has 24 heavy (non-hydrogen) atoms. The van der Waals surface area contributed by atoms with Crippen LogP contribution >= 0.6 is 0 Å². The zero-order valence-electron chi connectivity index (χ0n) is 13.8. The van der Waals surface area contributed by atoms with E-state index in [4.69, 9.17) is 0 Å². The van der Waals surface area contributed by atoms with Gasteiger partial charge in [-0.2, -0.15) is 10.2 Å². The molecule has 1 atom stereocenters. The Morgan fingerprint density at radius 2 is 1.96 bits per heavy atom. The van der Waals surface area contributed by atoms with Crippen LogP contribution in [0, 0.1) is 0 Å². The highest BCUT2D eigenvalue weighted by atomic mass is 16.3. The first-order valence-electron chi connectivity index (χ1n) is 7.53. The van der Waals surface area contributed by atoms with Crippen LogP contribution in [0.25, 0.3) is 5.82 Å². The van der Waals surface area contributed by atoms with E-state index in [0.717, 1.165) is 0 Å². The Bertz CT molecular complexity index is 844. The van der Waals surface area contributed by atoms with E-state index in [1.54, 1.807) is 42.8 Å². The van der Waals surface area contributed by atoms with Crippen molar-refractivity contribution in [1.29, 1.82) is 0 Å². The average molecular weight is 328 g/mol. The number of rotatable bonds is 5. The van der Waals surface area contributed by atoms with Gasteiger partial charge in [0.05, 0.1) is 18.9 Å². The van der Waals surface area contributed by atoms with Crippen molar-refractivity contribution in [2.75, 3.05) is 6.54 Å². The standard InChI is InChI=1S/C16H20N6O2/c1-16(24,12-8-18-20(2)10-12)11-17-14(23)13-9-19-21(3)15(13)22-6-4-5-7-22/h4-10,24H,11H2,1-3H3,(H,17,23). The highest BCUT2D eigenvalue weighted by Gasteiger charge is 2.26. The quantitative estimate of drug-likeness (QED) is 0.717. The molecule has 8 heteroatoms. The minimum absolute atomic E-state index is 0.0670. The number of aliphatic hydroxyl groups is 1. The molecule has 0 saturated heterocycles. The molecule has 2 N–H and O–H groups in total. The van der Waals surface area contributed by atoms with E-state index in [9.17, 15) is 9.90 Å². The predicted octanol–water partition coefficient (Wildman–Crippen LogP) is 0.582. The maximum Gasteiger partial charge on any atom is 0.256 e. The molecule has 0 aliphatic carbocycles. The summed E-state index contributed by atoms with van der Waals surface area (Å²) in [5, 5.41) is 21.5. The van der Waals surface area contributed by atoms with E-state index in [1.165, 1.54) is 6.20 Å². The molecule has 0 fully saturated rings.